The van der Waals surface area contributed by atoms with Crippen molar-refractivity contribution in [2.75, 3.05) is 13.2 Å². The van der Waals surface area contributed by atoms with E-state index in [0.717, 1.165) is 29.7 Å². The number of carbonyl (C=O) groups excluding carboxylic acids is 1. The van der Waals surface area contributed by atoms with Crippen LogP contribution in [0.2, 0.25) is 5.02 Å². The number of aromatic nitrogens is 4. The molecule has 7 nitrogen and oxygen atoms in total. The summed E-state index contributed by atoms with van der Waals surface area (Å²) in [7, 11) is 0. The summed E-state index contributed by atoms with van der Waals surface area (Å²) in [5, 5.41) is 11.9. The van der Waals surface area contributed by atoms with Crippen LogP contribution in [0.5, 0.6) is 0 Å². The molecular weight excluding hydrogens is 546 g/mol. The quantitative estimate of drug-likeness (QED) is 0.0941. The molecule has 0 amide bonds. The number of hydrogen-bond donors (Lipinski definition) is 2. The van der Waals surface area contributed by atoms with Gasteiger partial charge in [-0.15, -0.1) is 5.10 Å². The predicted molar refractivity (Wildman–Crippen MR) is 174 cm³/mol. The standard InChI is InChI=1S/C34H54ClN5O2/c1-5-6-7-8-9-10-11-12-13-14-15-16-17-20-25-42-29(41)23-24-36-26-27-21-18-19-22-28(27)32-37-33-30(35)31(34(2,3)4)38-40(33)39-32/h18-19,21-22,36,38H,5-17,20,23-26H2,1-4H3. The van der Waals surface area contributed by atoms with Crippen LogP contribution in [-0.2, 0) is 21.5 Å². The maximum Gasteiger partial charge on any atom is 0.307 e. The van der Waals surface area contributed by atoms with E-state index in [9.17, 15) is 4.79 Å². The molecule has 8 heteroatoms. The first-order valence-corrected chi connectivity index (χ1v) is 16.8. The summed E-state index contributed by atoms with van der Waals surface area (Å²) in [6, 6.07) is 8.03. The summed E-state index contributed by atoms with van der Waals surface area (Å²) in [5.41, 5.74) is 3.41. The largest absolute Gasteiger partial charge is 0.466 e. The van der Waals surface area contributed by atoms with E-state index in [-0.39, 0.29) is 11.4 Å². The van der Waals surface area contributed by atoms with Crippen molar-refractivity contribution >= 4 is 23.2 Å². The van der Waals surface area contributed by atoms with Crippen LogP contribution in [0.3, 0.4) is 0 Å². The molecule has 1 aromatic carbocycles. The van der Waals surface area contributed by atoms with Crippen molar-refractivity contribution in [1.29, 1.82) is 0 Å². The number of rotatable bonds is 21. The van der Waals surface area contributed by atoms with Crippen molar-refractivity contribution in [3.05, 3.63) is 40.5 Å². The Morgan fingerprint density at radius 3 is 2.12 bits per heavy atom. The topological polar surface area (TPSA) is 84.3 Å². The lowest BCUT2D eigenvalue weighted by Gasteiger charge is -2.16. The Balaban J connectivity index is 1.25. The van der Waals surface area contributed by atoms with Crippen molar-refractivity contribution < 1.29 is 9.53 Å². The SMILES string of the molecule is CCCCCCCCCCCCCCCCOC(=O)CCNCc1ccccc1-c1nc2c(Cl)c(C(C)(C)C)[nH]n2n1. The maximum atomic E-state index is 12.2. The first kappa shape index (κ1) is 34.1. The number of H-pyrrole nitrogens is 1. The molecule has 234 valence electrons. The second-order valence-electron chi connectivity index (χ2n) is 12.6. The molecule has 0 aliphatic rings. The molecule has 0 aliphatic heterocycles. The number of halogens is 1. The molecule has 0 spiro atoms. The molecule has 0 saturated heterocycles. The monoisotopic (exact) mass is 599 g/mol. The number of hydrogen-bond acceptors (Lipinski definition) is 5. The average Bonchev–Trinajstić information content (AvgIpc) is 3.52. The zero-order valence-corrected chi connectivity index (χ0v) is 27.3. The third-order valence-corrected chi connectivity index (χ3v) is 8.19. The predicted octanol–water partition coefficient (Wildman–Crippen LogP) is 9.18. The van der Waals surface area contributed by atoms with Gasteiger partial charge in [0.1, 0.15) is 5.02 Å². The number of nitrogens with zero attached hydrogens (tertiary/aromatic N) is 3. The fourth-order valence-electron chi connectivity index (χ4n) is 5.27. The van der Waals surface area contributed by atoms with Crippen molar-refractivity contribution in [3.8, 4) is 11.4 Å². The lowest BCUT2D eigenvalue weighted by molar-refractivity contribution is -0.143. The zero-order valence-electron chi connectivity index (χ0n) is 26.6. The number of carbonyl (C=O) groups is 1. The number of aromatic amines is 1. The van der Waals surface area contributed by atoms with Crippen molar-refractivity contribution in [3.63, 3.8) is 0 Å². The second-order valence-corrected chi connectivity index (χ2v) is 13.0. The molecule has 2 heterocycles. The van der Waals surface area contributed by atoms with Gasteiger partial charge in [0, 0.05) is 24.1 Å². The minimum absolute atomic E-state index is 0.130. The van der Waals surface area contributed by atoms with Crippen LogP contribution >= 0.6 is 11.6 Å². The summed E-state index contributed by atoms with van der Waals surface area (Å²) in [6.07, 6.45) is 18.9. The Hall–Kier alpha value is -2.38. The fourth-order valence-corrected chi connectivity index (χ4v) is 5.72. The van der Waals surface area contributed by atoms with E-state index in [1.165, 1.54) is 77.0 Å². The highest BCUT2D eigenvalue weighted by Gasteiger charge is 2.24. The summed E-state index contributed by atoms with van der Waals surface area (Å²) < 4.78 is 7.10. The third-order valence-electron chi connectivity index (χ3n) is 7.83. The summed E-state index contributed by atoms with van der Waals surface area (Å²) in [5.74, 6) is 0.480. The van der Waals surface area contributed by atoms with Gasteiger partial charge >= 0.3 is 5.97 Å². The van der Waals surface area contributed by atoms with Gasteiger partial charge in [0.05, 0.1) is 18.7 Å². The van der Waals surface area contributed by atoms with E-state index < -0.39 is 0 Å². The van der Waals surface area contributed by atoms with Crippen LogP contribution < -0.4 is 5.32 Å². The van der Waals surface area contributed by atoms with E-state index in [1.807, 2.05) is 24.3 Å². The van der Waals surface area contributed by atoms with Gasteiger partial charge in [-0.05, 0) is 12.0 Å². The first-order chi connectivity index (χ1) is 20.3. The van der Waals surface area contributed by atoms with E-state index in [2.05, 4.69) is 43.2 Å². The van der Waals surface area contributed by atoms with Gasteiger partial charge in [-0.1, -0.05) is 147 Å². The van der Waals surface area contributed by atoms with Crippen molar-refractivity contribution in [2.45, 2.75) is 136 Å². The zero-order chi connectivity index (χ0) is 30.2. The van der Waals surface area contributed by atoms with Crippen LogP contribution in [0.1, 0.15) is 135 Å². The molecule has 3 rings (SSSR count). The fraction of sp³-hybridized carbons (Fsp3) is 0.676. The van der Waals surface area contributed by atoms with Crippen LogP contribution in [-0.4, -0.2) is 38.9 Å². The molecule has 42 heavy (non-hydrogen) atoms. The highest BCUT2D eigenvalue weighted by atomic mass is 35.5. The van der Waals surface area contributed by atoms with Gasteiger partial charge in [-0.2, -0.15) is 4.63 Å². The minimum Gasteiger partial charge on any atom is -0.466 e. The van der Waals surface area contributed by atoms with E-state index in [0.29, 0.717) is 42.6 Å². The molecular formula is C34H54ClN5O2. The van der Waals surface area contributed by atoms with Gasteiger partial charge in [-0.3, -0.25) is 9.89 Å². The highest BCUT2D eigenvalue weighted by Crippen LogP contribution is 2.32. The summed E-state index contributed by atoms with van der Waals surface area (Å²) >= 11 is 6.61. The number of esters is 1. The minimum atomic E-state index is -0.139. The molecule has 0 saturated carbocycles. The lowest BCUT2D eigenvalue weighted by atomic mass is 9.92. The average molecular weight is 600 g/mol. The van der Waals surface area contributed by atoms with E-state index in [1.54, 1.807) is 4.63 Å². The van der Waals surface area contributed by atoms with Crippen LogP contribution in [0.4, 0.5) is 0 Å². The van der Waals surface area contributed by atoms with Crippen LogP contribution in [0.15, 0.2) is 24.3 Å². The molecule has 0 bridgehead atoms. The highest BCUT2D eigenvalue weighted by molar-refractivity contribution is 6.34. The van der Waals surface area contributed by atoms with Crippen molar-refractivity contribution in [1.82, 2.24) is 25.1 Å². The van der Waals surface area contributed by atoms with E-state index >= 15 is 0 Å². The van der Waals surface area contributed by atoms with Gasteiger partial charge in [0.2, 0.25) is 0 Å². The molecule has 0 atom stereocenters. The van der Waals surface area contributed by atoms with E-state index in [4.69, 9.17) is 21.3 Å². The number of fused-ring (bicyclic) bond motifs is 1. The normalized spacial score (nSPS) is 11.9. The number of ether oxygens (including phenoxy) is 1. The first-order valence-electron chi connectivity index (χ1n) is 16.4. The Morgan fingerprint density at radius 1 is 0.929 bits per heavy atom. The third kappa shape index (κ3) is 11.4. The Kier molecular flexibility index (Phi) is 14.9. The summed E-state index contributed by atoms with van der Waals surface area (Å²) in [4.78, 5) is 16.9. The molecule has 0 aliphatic carbocycles. The van der Waals surface area contributed by atoms with Crippen LogP contribution in [0.25, 0.3) is 17.0 Å². The van der Waals surface area contributed by atoms with Gasteiger partial charge in [-0.25, -0.2) is 4.98 Å². The summed E-state index contributed by atoms with van der Waals surface area (Å²) in [6.45, 7) is 10.3. The molecule has 0 radical (unpaired) electrons. The number of unbranched alkanes of at least 4 members (excludes halogenated alkanes) is 13. The molecule has 3 aromatic rings. The lowest BCUT2D eigenvalue weighted by Crippen LogP contribution is -2.19. The molecule has 2 N–H and O–H groups in total. The Labute approximate surface area is 258 Å². The maximum absolute atomic E-state index is 12.2. The molecule has 0 unspecified atom stereocenters. The second kappa shape index (κ2) is 18.3. The van der Waals surface area contributed by atoms with Crippen molar-refractivity contribution in [2.24, 2.45) is 0 Å². The van der Waals surface area contributed by atoms with Crippen LogP contribution in [0, 0.1) is 0 Å². The number of benzene rings is 1. The van der Waals surface area contributed by atoms with Gasteiger partial charge in [0.15, 0.2) is 11.5 Å². The smallest absolute Gasteiger partial charge is 0.307 e. The molecule has 0 fully saturated rings. The molecule has 2 aromatic heterocycles. The van der Waals surface area contributed by atoms with Gasteiger partial charge < -0.3 is 10.1 Å². The Bertz CT molecular complexity index is 1200. The van der Waals surface area contributed by atoms with Gasteiger partial charge in [0.25, 0.3) is 0 Å². The Morgan fingerprint density at radius 2 is 1.52 bits per heavy atom. The number of nitrogens with one attached hydrogen (secondary N) is 2.